The van der Waals surface area contributed by atoms with E-state index in [0.717, 1.165) is 24.9 Å². The minimum absolute atomic E-state index is 0.0311. The van der Waals surface area contributed by atoms with Gasteiger partial charge in [-0.15, -0.1) is 0 Å². The average molecular weight is 231 g/mol. The first-order valence-corrected chi connectivity index (χ1v) is 6.07. The van der Waals surface area contributed by atoms with Gasteiger partial charge in [-0.2, -0.15) is 4.33 Å². The predicted octanol–water partition coefficient (Wildman–Crippen LogP) is 1.25. The van der Waals surface area contributed by atoms with Gasteiger partial charge in [-0.3, -0.25) is 9.83 Å². The predicted molar refractivity (Wildman–Crippen MR) is 53.2 cm³/mol. The SMILES string of the molecule is CC1(C)C2CC[C@@]1(CSOO[O-])C(=O)C2. The van der Waals surface area contributed by atoms with Gasteiger partial charge in [0.2, 0.25) is 0 Å². The van der Waals surface area contributed by atoms with Crippen LogP contribution in [0.3, 0.4) is 0 Å². The van der Waals surface area contributed by atoms with E-state index in [0.29, 0.717) is 23.9 Å². The fraction of sp³-hybridized carbons (Fsp3) is 0.900. The molecule has 15 heavy (non-hydrogen) atoms. The van der Waals surface area contributed by atoms with Gasteiger partial charge in [0.1, 0.15) is 5.78 Å². The topological polar surface area (TPSA) is 58.6 Å². The summed E-state index contributed by atoms with van der Waals surface area (Å²) < 4.78 is 4.29. The molecule has 2 bridgehead atoms. The second-order valence-electron chi connectivity index (χ2n) is 5.06. The Hall–Kier alpha value is -0.100. The highest BCUT2D eigenvalue weighted by atomic mass is 32.2. The van der Waals surface area contributed by atoms with Gasteiger partial charge in [0, 0.05) is 29.6 Å². The third kappa shape index (κ3) is 1.45. The molecular formula is C10H15O4S-. The van der Waals surface area contributed by atoms with Crippen molar-refractivity contribution in [3.63, 3.8) is 0 Å². The number of Topliss-reactive ketones (excluding diaryl/α,β-unsaturated/α-hetero) is 1. The van der Waals surface area contributed by atoms with E-state index in [9.17, 15) is 10.1 Å². The van der Waals surface area contributed by atoms with Crippen LogP contribution in [0.1, 0.15) is 33.1 Å². The van der Waals surface area contributed by atoms with Crippen molar-refractivity contribution in [2.75, 3.05) is 5.75 Å². The summed E-state index contributed by atoms with van der Waals surface area (Å²) >= 11 is 0.951. The number of hydrogen-bond donors (Lipinski definition) is 0. The molecule has 86 valence electrons. The van der Waals surface area contributed by atoms with Crippen molar-refractivity contribution in [1.29, 1.82) is 0 Å². The van der Waals surface area contributed by atoms with Gasteiger partial charge in [-0.05, 0) is 24.2 Å². The Morgan fingerprint density at radius 2 is 2.33 bits per heavy atom. The molecule has 0 aromatic rings. The Labute approximate surface area is 93.4 Å². The van der Waals surface area contributed by atoms with Crippen LogP contribution in [-0.4, -0.2) is 11.5 Å². The molecule has 4 nitrogen and oxygen atoms in total. The molecule has 0 spiro atoms. The number of rotatable bonds is 4. The molecule has 2 aliphatic carbocycles. The lowest BCUT2D eigenvalue weighted by atomic mass is 9.70. The van der Waals surface area contributed by atoms with Crippen LogP contribution in [0, 0.1) is 16.7 Å². The normalized spacial score (nSPS) is 37.5. The van der Waals surface area contributed by atoms with E-state index < -0.39 is 0 Å². The van der Waals surface area contributed by atoms with E-state index in [-0.39, 0.29) is 10.8 Å². The van der Waals surface area contributed by atoms with Crippen molar-refractivity contribution in [3.05, 3.63) is 0 Å². The first-order chi connectivity index (χ1) is 7.04. The summed E-state index contributed by atoms with van der Waals surface area (Å²) in [7, 11) is 0. The fourth-order valence-electron chi connectivity index (χ4n) is 3.25. The third-order valence-electron chi connectivity index (χ3n) is 4.52. The smallest absolute Gasteiger partial charge is 0.140 e. The maximum atomic E-state index is 12.0. The highest BCUT2D eigenvalue weighted by molar-refractivity contribution is 7.94. The second-order valence-corrected chi connectivity index (χ2v) is 5.73. The molecule has 2 rings (SSSR count). The summed E-state index contributed by atoms with van der Waals surface area (Å²) in [6.07, 6.45) is 2.71. The molecule has 2 aliphatic rings. The zero-order valence-corrected chi connectivity index (χ0v) is 9.76. The maximum absolute atomic E-state index is 12.0. The molecule has 0 aromatic carbocycles. The lowest BCUT2D eigenvalue weighted by Crippen LogP contribution is -2.38. The molecule has 0 saturated heterocycles. The van der Waals surface area contributed by atoms with Gasteiger partial charge >= 0.3 is 0 Å². The first-order valence-electron chi connectivity index (χ1n) is 5.16. The Morgan fingerprint density at radius 1 is 1.60 bits per heavy atom. The van der Waals surface area contributed by atoms with Gasteiger partial charge in [-0.25, -0.2) is 0 Å². The molecule has 0 radical (unpaired) electrons. The molecule has 0 amide bonds. The second kappa shape index (κ2) is 3.73. The van der Waals surface area contributed by atoms with Crippen LogP contribution in [0.2, 0.25) is 0 Å². The quantitative estimate of drug-likeness (QED) is 0.315. The lowest BCUT2D eigenvalue weighted by Gasteiger charge is -2.35. The molecule has 5 heteroatoms. The van der Waals surface area contributed by atoms with E-state index in [2.05, 4.69) is 23.2 Å². The molecule has 0 N–H and O–H groups in total. The summed E-state index contributed by atoms with van der Waals surface area (Å²) in [5, 5.41) is 13.0. The van der Waals surface area contributed by atoms with Crippen molar-refractivity contribution in [3.8, 4) is 0 Å². The molecule has 1 unspecified atom stereocenters. The van der Waals surface area contributed by atoms with Crippen molar-refractivity contribution in [1.82, 2.24) is 0 Å². The summed E-state index contributed by atoms with van der Waals surface area (Å²) in [4.78, 5) is 12.0. The van der Waals surface area contributed by atoms with Gasteiger partial charge in [0.05, 0.1) is 0 Å². The van der Waals surface area contributed by atoms with Crippen molar-refractivity contribution >= 4 is 17.8 Å². The zero-order chi connectivity index (χ0) is 11.1. The number of ketones is 1. The number of hydrogen-bond acceptors (Lipinski definition) is 5. The van der Waals surface area contributed by atoms with E-state index in [1.165, 1.54) is 0 Å². The maximum Gasteiger partial charge on any atom is 0.140 e. The summed E-state index contributed by atoms with van der Waals surface area (Å²) in [5.74, 6) is 1.35. The summed E-state index contributed by atoms with van der Waals surface area (Å²) in [6.45, 7) is 4.29. The first kappa shape index (κ1) is 11.4. The minimum atomic E-state index is -0.305. The Bertz CT molecular complexity index is 279. The van der Waals surface area contributed by atoms with Crippen molar-refractivity contribution < 1.29 is 19.4 Å². The number of fused-ring (bicyclic) bond motifs is 2. The van der Waals surface area contributed by atoms with Crippen LogP contribution >= 0.6 is 12.0 Å². The molecule has 2 saturated carbocycles. The van der Waals surface area contributed by atoms with E-state index >= 15 is 0 Å². The highest BCUT2D eigenvalue weighted by Gasteiger charge is 2.63. The van der Waals surface area contributed by atoms with Gasteiger partial charge in [-0.1, -0.05) is 13.8 Å². The Kier molecular flexibility index (Phi) is 2.83. The Morgan fingerprint density at radius 3 is 2.80 bits per heavy atom. The molecule has 0 heterocycles. The van der Waals surface area contributed by atoms with Gasteiger partial charge in [0.25, 0.3) is 0 Å². The van der Waals surface area contributed by atoms with E-state index in [1.54, 1.807) is 0 Å². The summed E-state index contributed by atoms with van der Waals surface area (Å²) in [6, 6.07) is 0. The molecule has 2 fully saturated rings. The van der Waals surface area contributed by atoms with Crippen LogP contribution in [0.5, 0.6) is 0 Å². The van der Waals surface area contributed by atoms with Crippen molar-refractivity contribution in [2.24, 2.45) is 16.7 Å². The van der Waals surface area contributed by atoms with Crippen LogP contribution < -0.4 is 5.26 Å². The average Bonchev–Trinajstić information content (AvgIpc) is 2.52. The summed E-state index contributed by atoms with van der Waals surface area (Å²) in [5.41, 5.74) is -0.274. The molecule has 2 atom stereocenters. The van der Waals surface area contributed by atoms with Crippen LogP contribution in [0.4, 0.5) is 0 Å². The van der Waals surface area contributed by atoms with E-state index in [1.807, 2.05) is 0 Å². The Balaban J connectivity index is 2.13. The number of carbonyl (C=O) groups excluding carboxylic acids is 1. The zero-order valence-electron chi connectivity index (χ0n) is 8.95. The van der Waals surface area contributed by atoms with Gasteiger partial charge in [0.15, 0.2) is 0 Å². The molecule has 0 aromatic heterocycles. The highest BCUT2D eigenvalue weighted by Crippen LogP contribution is 2.64. The van der Waals surface area contributed by atoms with Crippen LogP contribution in [-0.2, 0) is 14.2 Å². The lowest BCUT2D eigenvalue weighted by molar-refractivity contribution is -0.777. The van der Waals surface area contributed by atoms with Crippen molar-refractivity contribution in [2.45, 2.75) is 33.1 Å². The standard InChI is InChI=1S/C10H16O4S/c1-9(2)7-3-4-10(9,8(11)5-7)6-15-14-13-12/h7,12H,3-6H2,1-2H3/p-1/t7?,10-/m1/s1. The van der Waals surface area contributed by atoms with Crippen LogP contribution in [0.25, 0.3) is 0 Å². The third-order valence-corrected chi connectivity index (χ3v) is 5.28. The molecular weight excluding hydrogens is 216 g/mol. The van der Waals surface area contributed by atoms with Gasteiger partial charge < -0.3 is 5.26 Å². The minimum Gasteiger partial charge on any atom is -0.691 e. The largest absolute Gasteiger partial charge is 0.691 e. The fourth-order valence-corrected chi connectivity index (χ4v) is 4.22. The molecule has 0 aliphatic heterocycles. The van der Waals surface area contributed by atoms with Crippen LogP contribution in [0.15, 0.2) is 0 Å². The monoisotopic (exact) mass is 231 g/mol. The number of carbonyl (C=O) groups is 1. The van der Waals surface area contributed by atoms with E-state index in [4.69, 9.17) is 0 Å².